The number of nitrogens with zero attached hydrogens (tertiary/aromatic N) is 5. The van der Waals surface area contributed by atoms with Gasteiger partial charge in [-0.25, -0.2) is 13.4 Å². The van der Waals surface area contributed by atoms with Crippen LogP contribution in [-0.2, 0) is 27.5 Å². The number of aromatic nitrogens is 3. The van der Waals surface area contributed by atoms with E-state index in [1.807, 2.05) is 9.30 Å². The van der Waals surface area contributed by atoms with Crippen LogP contribution in [0.4, 0.5) is 5.82 Å². The lowest BCUT2D eigenvalue weighted by atomic mass is 9.92. The molecule has 1 N–H and O–H groups in total. The van der Waals surface area contributed by atoms with Crippen LogP contribution in [0, 0.1) is 0 Å². The second-order valence-electron chi connectivity index (χ2n) is 11.5. The molecule has 1 saturated heterocycles. The first kappa shape index (κ1) is 28.2. The van der Waals surface area contributed by atoms with Crippen molar-refractivity contribution in [1.29, 1.82) is 0 Å². The van der Waals surface area contributed by atoms with E-state index in [0.29, 0.717) is 30.2 Å². The fraction of sp³-hybridized carbons (Fsp3) is 0.265. The van der Waals surface area contributed by atoms with Crippen LogP contribution in [-0.4, -0.2) is 77.5 Å². The van der Waals surface area contributed by atoms with Crippen molar-refractivity contribution in [2.75, 3.05) is 44.3 Å². The molecule has 44 heavy (non-hydrogen) atoms. The predicted octanol–water partition coefficient (Wildman–Crippen LogP) is 4.24. The zero-order valence-corrected chi connectivity index (χ0v) is 25.4. The molecule has 5 aromatic rings. The van der Waals surface area contributed by atoms with Crippen molar-refractivity contribution in [2.45, 2.75) is 23.8 Å². The van der Waals surface area contributed by atoms with Crippen LogP contribution in [0.2, 0.25) is 0 Å². The highest BCUT2D eigenvalue weighted by molar-refractivity contribution is 7.90. The number of carbonyl (C=O) groups excluding carboxylic acids is 1. The molecule has 1 fully saturated rings. The number of carbonyl (C=O) groups is 1. The molecule has 224 valence electrons. The maximum atomic E-state index is 13.5. The smallest absolute Gasteiger partial charge is 0.242 e. The van der Waals surface area contributed by atoms with Gasteiger partial charge in [-0.05, 0) is 47.2 Å². The molecule has 3 aromatic carbocycles. The third-order valence-electron chi connectivity index (χ3n) is 8.79. The van der Waals surface area contributed by atoms with Crippen LogP contribution in [0.15, 0.2) is 96.3 Å². The van der Waals surface area contributed by atoms with E-state index in [-0.39, 0.29) is 23.4 Å². The Hall–Kier alpha value is -4.54. The molecule has 1 aliphatic carbocycles. The highest BCUT2D eigenvalue weighted by Gasteiger charge is 2.32. The largest absolute Gasteiger partial charge is 0.360 e. The minimum atomic E-state index is -3.32. The number of imidazole rings is 1. The molecule has 0 bridgehead atoms. The Morgan fingerprint density at radius 2 is 1.52 bits per heavy atom. The summed E-state index contributed by atoms with van der Waals surface area (Å²) in [4.78, 5) is 27.1. The Kier molecular flexibility index (Phi) is 7.39. The van der Waals surface area contributed by atoms with E-state index in [9.17, 15) is 13.2 Å². The van der Waals surface area contributed by atoms with Gasteiger partial charge in [0.25, 0.3) is 0 Å². The number of nitrogens with one attached hydrogen (secondary N) is 1. The number of benzene rings is 3. The summed E-state index contributed by atoms with van der Waals surface area (Å²) in [5, 5.41) is 3.34. The second-order valence-corrected chi connectivity index (χ2v) is 13.5. The van der Waals surface area contributed by atoms with Crippen LogP contribution in [0.1, 0.15) is 28.3 Å². The summed E-state index contributed by atoms with van der Waals surface area (Å²) < 4.78 is 25.8. The van der Waals surface area contributed by atoms with E-state index in [0.717, 1.165) is 31.5 Å². The molecule has 1 amide bonds. The molecule has 10 heteroatoms. The number of hydrogen-bond donors (Lipinski definition) is 1. The van der Waals surface area contributed by atoms with Gasteiger partial charge in [-0.15, -0.1) is 0 Å². The van der Waals surface area contributed by atoms with Crippen LogP contribution in [0.5, 0.6) is 0 Å². The Labute approximate surface area is 257 Å². The predicted molar refractivity (Wildman–Crippen MR) is 170 cm³/mol. The molecule has 0 unspecified atom stereocenters. The van der Waals surface area contributed by atoms with E-state index >= 15 is 0 Å². The summed E-state index contributed by atoms with van der Waals surface area (Å²) in [6.45, 7) is 2.99. The standard InChI is InChI=1S/C34H34N6O3S/c1-44(42,43)27-14-12-26(13-15-27)32-34(40-17-16-35-22-30(40)37-32)36-23-31(41)38-18-20-39(21-19-38)33-28-8-4-2-6-24(28)10-11-25-7-3-5-9-29(25)33/h2-9,12-17,22,33,36H,10-11,18-21,23H2,1H3. The van der Waals surface area contributed by atoms with Crippen LogP contribution in [0.3, 0.4) is 0 Å². The molecule has 3 heterocycles. The summed E-state index contributed by atoms with van der Waals surface area (Å²) in [7, 11) is -3.32. The molecule has 2 aliphatic rings. The molecular formula is C34H34N6O3S. The van der Waals surface area contributed by atoms with Crippen molar-refractivity contribution >= 4 is 27.2 Å². The fourth-order valence-electron chi connectivity index (χ4n) is 6.53. The molecule has 0 spiro atoms. The molecule has 7 rings (SSSR count). The lowest BCUT2D eigenvalue weighted by Gasteiger charge is -2.40. The Balaban J connectivity index is 1.08. The SMILES string of the molecule is CS(=O)(=O)c1ccc(-c2nc3cnccn3c2NCC(=O)N2CCN(C3c4ccccc4CCc4ccccc43)CC2)cc1. The minimum Gasteiger partial charge on any atom is -0.360 e. The first-order valence-corrected chi connectivity index (χ1v) is 16.8. The summed E-state index contributed by atoms with van der Waals surface area (Å²) in [5.74, 6) is 0.682. The highest BCUT2D eigenvalue weighted by atomic mass is 32.2. The van der Waals surface area contributed by atoms with Gasteiger partial charge in [0, 0.05) is 50.4 Å². The van der Waals surface area contributed by atoms with E-state index in [1.165, 1.54) is 28.5 Å². The van der Waals surface area contributed by atoms with Gasteiger partial charge in [-0.1, -0.05) is 60.7 Å². The number of fused-ring (bicyclic) bond motifs is 3. The first-order chi connectivity index (χ1) is 21.4. The number of hydrogen-bond acceptors (Lipinski definition) is 7. The maximum Gasteiger partial charge on any atom is 0.242 e. The van der Waals surface area contributed by atoms with Crippen molar-refractivity contribution in [3.63, 3.8) is 0 Å². The molecular weight excluding hydrogens is 572 g/mol. The average molecular weight is 607 g/mol. The van der Waals surface area contributed by atoms with Crippen molar-refractivity contribution < 1.29 is 13.2 Å². The van der Waals surface area contributed by atoms with Gasteiger partial charge in [0.1, 0.15) is 11.5 Å². The number of amides is 1. The van der Waals surface area contributed by atoms with E-state index in [1.54, 1.807) is 42.9 Å². The number of piperazine rings is 1. The lowest BCUT2D eigenvalue weighted by molar-refractivity contribution is -0.131. The molecule has 2 aromatic heterocycles. The molecule has 0 saturated carbocycles. The van der Waals surface area contributed by atoms with Gasteiger partial charge in [0.15, 0.2) is 15.5 Å². The highest BCUT2D eigenvalue weighted by Crippen LogP contribution is 2.37. The van der Waals surface area contributed by atoms with Crippen molar-refractivity contribution in [2.24, 2.45) is 0 Å². The van der Waals surface area contributed by atoms with Crippen LogP contribution in [0.25, 0.3) is 16.9 Å². The van der Waals surface area contributed by atoms with E-state index in [2.05, 4.69) is 63.7 Å². The number of anilines is 1. The van der Waals surface area contributed by atoms with Crippen molar-refractivity contribution in [3.8, 4) is 11.3 Å². The average Bonchev–Trinajstić information content (AvgIpc) is 3.33. The van der Waals surface area contributed by atoms with Crippen molar-refractivity contribution in [1.82, 2.24) is 24.2 Å². The van der Waals surface area contributed by atoms with Gasteiger partial charge < -0.3 is 10.2 Å². The Morgan fingerprint density at radius 1 is 0.886 bits per heavy atom. The minimum absolute atomic E-state index is 0.0219. The zero-order chi connectivity index (χ0) is 30.3. The zero-order valence-electron chi connectivity index (χ0n) is 24.6. The maximum absolute atomic E-state index is 13.5. The molecule has 1 aliphatic heterocycles. The summed E-state index contributed by atoms with van der Waals surface area (Å²) >= 11 is 0. The third-order valence-corrected chi connectivity index (χ3v) is 9.92. The quantitative estimate of drug-likeness (QED) is 0.309. The Bertz CT molecular complexity index is 1900. The fourth-order valence-corrected chi connectivity index (χ4v) is 7.16. The van der Waals surface area contributed by atoms with Gasteiger partial charge in [0.2, 0.25) is 5.91 Å². The number of aryl methyl sites for hydroxylation is 2. The number of sulfone groups is 1. The van der Waals surface area contributed by atoms with Gasteiger partial charge >= 0.3 is 0 Å². The molecule has 9 nitrogen and oxygen atoms in total. The lowest BCUT2D eigenvalue weighted by Crippen LogP contribution is -2.51. The van der Waals surface area contributed by atoms with Gasteiger partial charge in [-0.3, -0.25) is 19.1 Å². The molecule has 0 atom stereocenters. The monoisotopic (exact) mass is 606 g/mol. The van der Waals surface area contributed by atoms with Crippen LogP contribution < -0.4 is 5.32 Å². The van der Waals surface area contributed by atoms with E-state index in [4.69, 9.17) is 4.98 Å². The Morgan fingerprint density at radius 3 is 2.16 bits per heavy atom. The second kappa shape index (κ2) is 11.5. The third kappa shape index (κ3) is 5.35. The van der Waals surface area contributed by atoms with Crippen molar-refractivity contribution in [3.05, 3.63) is 114 Å². The summed E-state index contributed by atoms with van der Waals surface area (Å²) in [5.41, 5.74) is 7.55. The topological polar surface area (TPSA) is 99.9 Å². The summed E-state index contributed by atoms with van der Waals surface area (Å²) in [6.07, 6.45) is 8.38. The van der Waals surface area contributed by atoms with Crippen LogP contribution >= 0.6 is 0 Å². The first-order valence-electron chi connectivity index (χ1n) is 14.9. The molecule has 0 radical (unpaired) electrons. The van der Waals surface area contributed by atoms with Gasteiger partial charge in [0.05, 0.1) is 23.7 Å². The summed E-state index contributed by atoms with van der Waals surface area (Å²) in [6, 6.07) is 24.4. The van der Waals surface area contributed by atoms with E-state index < -0.39 is 9.84 Å². The van der Waals surface area contributed by atoms with Gasteiger partial charge in [-0.2, -0.15) is 0 Å². The normalized spacial score (nSPS) is 15.9. The number of rotatable bonds is 6.